The molecule has 0 spiro atoms. The van der Waals surface area contributed by atoms with Crippen molar-refractivity contribution in [3.8, 4) is 0 Å². The molecule has 1 aliphatic carbocycles. The summed E-state index contributed by atoms with van der Waals surface area (Å²) in [7, 11) is 1.74. The van der Waals surface area contributed by atoms with E-state index in [1.807, 2.05) is 0 Å². The maximum atomic E-state index is 5.55. The summed E-state index contributed by atoms with van der Waals surface area (Å²) in [5, 5.41) is 3.51. The van der Waals surface area contributed by atoms with Gasteiger partial charge in [-0.1, -0.05) is 0 Å². The smallest absolute Gasteiger partial charge is 0.118 e. The lowest BCUT2D eigenvalue weighted by molar-refractivity contribution is 0.0449. The third kappa shape index (κ3) is 4.12. The van der Waals surface area contributed by atoms with Crippen LogP contribution < -0.4 is 5.32 Å². The Morgan fingerprint density at radius 2 is 2.44 bits per heavy atom. The maximum absolute atomic E-state index is 5.55. The Bertz CT molecular complexity index is 239. The first-order valence-electron chi connectivity index (χ1n) is 6.12. The van der Waals surface area contributed by atoms with E-state index in [-0.39, 0.29) is 0 Å². The molecule has 0 atom stereocenters. The molecule has 16 heavy (non-hydrogen) atoms. The normalized spacial score (nSPS) is 21.1. The molecule has 4 nitrogen and oxygen atoms in total. The molecule has 0 aromatic rings. The van der Waals surface area contributed by atoms with Gasteiger partial charge in [0, 0.05) is 39.0 Å². The molecule has 0 amide bonds. The van der Waals surface area contributed by atoms with Crippen LogP contribution in [0.1, 0.15) is 19.3 Å². The molecular weight excluding hydrogens is 204 g/mol. The molecule has 4 heteroatoms. The maximum Gasteiger partial charge on any atom is 0.118 e. The number of ether oxygens (including phenoxy) is 2. The molecule has 0 aromatic heterocycles. The summed E-state index contributed by atoms with van der Waals surface area (Å²) in [5.41, 5.74) is 1.36. The van der Waals surface area contributed by atoms with Crippen molar-refractivity contribution in [3.05, 3.63) is 11.8 Å². The Morgan fingerprint density at radius 3 is 3.19 bits per heavy atom. The topological polar surface area (TPSA) is 33.7 Å². The fraction of sp³-hybridized carbons (Fsp3) is 0.833. The fourth-order valence-electron chi connectivity index (χ4n) is 1.83. The first kappa shape index (κ1) is 11.9. The SMILES string of the molecule is COCCCN1C=C(CNC2CC2)COC1. The average Bonchev–Trinajstić information content (AvgIpc) is 3.11. The Hall–Kier alpha value is -0.580. The van der Waals surface area contributed by atoms with E-state index >= 15 is 0 Å². The van der Waals surface area contributed by atoms with Crippen molar-refractivity contribution >= 4 is 0 Å². The molecule has 1 saturated carbocycles. The lowest BCUT2D eigenvalue weighted by atomic mass is 10.2. The highest BCUT2D eigenvalue weighted by molar-refractivity contribution is 5.07. The summed E-state index contributed by atoms with van der Waals surface area (Å²) in [6, 6.07) is 0.768. The van der Waals surface area contributed by atoms with Crippen molar-refractivity contribution < 1.29 is 9.47 Å². The summed E-state index contributed by atoms with van der Waals surface area (Å²) in [5.74, 6) is 0. The first-order valence-corrected chi connectivity index (χ1v) is 6.12. The molecule has 0 unspecified atom stereocenters. The zero-order valence-corrected chi connectivity index (χ0v) is 10.1. The molecule has 0 radical (unpaired) electrons. The van der Waals surface area contributed by atoms with Crippen LogP contribution in [0.15, 0.2) is 11.8 Å². The summed E-state index contributed by atoms with van der Waals surface area (Å²) < 4.78 is 10.6. The van der Waals surface area contributed by atoms with Crippen LogP contribution in [0.4, 0.5) is 0 Å². The van der Waals surface area contributed by atoms with Crippen LogP contribution in [0.3, 0.4) is 0 Å². The predicted octanol–water partition coefficient (Wildman–Crippen LogP) is 0.948. The van der Waals surface area contributed by atoms with Crippen LogP contribution >= 0.6 is 0 Å². The third-order valence-electron chi connectivity index (χ3n) is 2.90. The molecule has 2 rings (SSSR count). The molecule has 0 bridgehead atoms. The molecule has 1 N–H and O–H groups in total. The van der Waals surface area contributed by atoms with E-state index in [9.17, 15) is 0 Å². The summed E-state index contributed by atoms with van der Waals surface area (Å²) in [4.78, 5) is 2.23. The van der Waals surface area contributed by atoms with Gasteiger partial charge in [0.2, 0.25) is 0 Å². The third-order valence-corrected chi connectivity index (χ3v) is 2.90. The quantitative estimate of drug-likeness (QED) is 0.655. The lowest BCUT2D eigenvalue weighted by Crippen LogP contribution is -2.31. The molecule has 0 aromatic carbocycles. The second kappa shape index (κ2) is 6.23. The average molecular weight is 226 g/mol. The van der Waals surface area contributed by atoms with Crippen molar-refractivity contribution in [1.82, 2.24) is 10.2 Å². The highest BCUT2D eigenvalue weighted by Crippen LogP contribution is 2.19. The van der Waals surface area contributed by atoms with Crippen molar-refractivity contribution in [2.75, 3.05) is 40.1 Å². The number of hydrogen-bond acceptors (Lipinski definition) is 4. The minimum absolute atomic E-state index is 0.719. The largest absolute Gasteiger partial charge is 0.385 e. The molecule has 2 aliphatic rings. The van der Waals surface area contributed by atoms with E-state index in [0.29, 0.717) is 0 Å². The van der Waals surface area contributed by atoms with Gasteiger partial charge in [-0.15, -0.1) is 0 Å². The number of hydrogen-bond donors (Lipinski definition) is 1. The van der Waals surface area contributed by atoms with Gasteiger partial charge in [-0.3, -0.25) is 0 Å². The Kier molecular flexibility index (Phi) is 4.63. The van der Waals surface area contributed by atoms with Crippen LogP contribution in [-0.2, 0) is 9.47 Å². The number of rotatable bonds is 7. The molecule has 1 aliphatic heterocycles. The van der Waals surface area contributed by atoms with Crippen molar-refractivity contribution in [2.45, 2.75) is 25.3 Å². The van der Waals surface area contributed by atoms with Crippen molar-refractivity contribution in [1.29, 1.82) is 0 Å². The molecule has 1 heterocycles. The van der Waals surface area contributed by atoms with Crippen molar-refractivity contribution in [3.63, 3.8) is 0 Å². The summed E-state index contributed by atoms with van der Waals surface area (Å²) in [6.07, 6.45) is 5.98. The van der Waals surface area contributed by atoms with Gasteiger partial charge in [0.1, 0.15) is 6.73 Å². The second-order valence-corrected chi connectivity index (χ2v) is 4.58. The van der Waals surface area contributed by atoms with Gasteiger partial charge in [-0.05, 0) is 24.8 Å². The zero-order chi connectivity index (χ0) is 11.2. The molecule has 0 saturated heterocycles. The minimum Gasteiger partial charge on any atom is -0.385 e. The Morgan fingerprint density at radius 1 is 1.56 bits per heavy atom. The van der Waals surface area contributed by atoms with Crippen LogP contribution in [0, 0.1) is 0 Å². The van der Waals surface area contributed by atoms with Gasteiger partial charge in [0.05, 0.1) is 6.61 Å². The van der Waals surface area contributed by atoms with E-state index in [4.69, 9.17) is 9.47 Å². The van der Waals surface area contributed by atoms with E-state index in [2.05, 4.69) is 16.4 Å². The molecule has 92 valence electrons. The minimum atomic E-state index is 0.719. The van der Waals surface area contributed by atoms with E-state index in [0.717, 1.165) is 45.5 Å². The van der Waals surface area contributed by atoms with Gasteiger partial charge in [-0.25, -0.2) is 0 Å². The van der Waals surface area contributed by atoms with E-state index < -0.39 is 0 Å². The Labute approximate surface area is 97.6 Å². The predicted molar refractivity (Wildman–Crippen MR) is 63.1 cm³/mol. The number of methoxy groups -OCH3 is 1. The first-order chi connectivity index (χ1) is 7.88. The van der Waals surface area contributed by atoms with Gasteiger partial charge in [0.25, 0.3) is 0 Å². The lowest BCUT2D eigenvalue weighted by Gasteiger charge is -2.27. The fourth-order valence-corrected chi connectivity index (χ4v) is 1.83. The van der Waals surface area contributed by atoms with Crippen LogP contribution in [0.2, 0.25) is 0 Å². The van der Waals surface area contributed by atoms with Gasteiger partial charge in [-0.2, -0.15) is 0 Å². The van der Waals surface area contributed by atoms with Gasteiger partial charge >= 0.3 is 0 Å². The molecule has 1 fully saturated rings. The van der Waals surface area contributed by atoms with E-state index in [1.165, 1.54) is 18.4 Å². The monoisotopic (exact) mass is 226 g/mol. The standard InChI is InChI=1S/C12H22N2O2/c1-15-6-2-5-14-8-11(9-16-10-14)7-13-12-3-4-12/h8,12-13H,2-7,9-10H2,1H3. The highest BCUT2D eigenvalue weighted by atomic mass is 16.5. The zero-order valence-electron chi connectivity index (χ0n) is 10.1. The van der Waals surface area contributed by atoms with Gasteiger partial charge in [0.15, 0.2) is 0 Å². The highest BCUT2D eigenvalue weighted by Gasteiger charge is 2.21. The van der Waals surface area contributed by atoms with Crippen molar-refractivity contribution in [2.24, 2.45) is 0 Å². The summed E-state index contributed by atoms with van der Waals surface area (Å²) in [6.45, 7) is 4.31. The van der Waals surface area contributed by atoms with Crippen LogP contribution in [-0.4, -0.2) is 51.1 Å². The summed E-state index contributed by atoms with van der Waals surface area (Å²) >= 11 is 0. The Balaban J connectivity index is 1.68. The molecular formula is C12H22N2O2. The number of nitrogens with zero attached hydrogens (tertiary/aromatic N) is 1. The van der Waals surface area contributed by atoms with Crippen LogP contribution in [0.25, 0.3) is 0 Å². The van der Waals surface area contributed by atoms with Crippen LogP contribution in [0.5, 0.6) is 0 Å². The number of nitrogens with one attached hydrogen (secondary N) is 1. The van der Waals surface area contributed by atoms with Gasteiger partial charge < -0.3 is 19.7 Å². The van der Waals surface area contributed by atoms with E-state index in [1.54, 1.807) is 7.11 Å². The second-order valence-electron chi connectivity index (χ2n) is 4.58.